The maximum atomic E-state index is 12.4. The Morgan fingerprint density at radius 1 is 1.11 bits per heavy atom. The van der Waals surface area contributed by atoms with Gasteiger partial charge in [0.2, 0.25) is 5.91 Å². The summed E-state index contributed by atoms with van der Waals surface area (Å²) in [6, 6.07) is 12.8. The van der Waals surface area contributed by atoms with Crippen molar-refractivity contribution in [2.45, 2.75) is 16.7 Å². The molecule has 1 atom stereocenters. The normalized spacial score (nSPS) is 15.9. The molecule has 0 saturated carbocycles. The summed E-state index contributed by atoms with van der Waals surface area (Å²) < 4.78 is 12.4. The molecule has 1 unspecified atom stereocenters. The zero-order valence-electron chi connectivity index (χ0n) is 10.3. The van der Waals surface area contributed by atoms with E-state index in [9.17, 15) is 9.00 Å². The van der Waals surface area contributed by atoms with Crippen LogP contribution in [0.25, 0.3) is 0 Å². The molecule has 19 heavy (non-hydrogen) atoms. The fourth-order valence-corrected chi connectivity index (χ4v) is 3.32. The van der Waals surface area contributed by atoms with Gasteiger partial charge in [-0.3, -0.25) is 4.79 Å². The average molecular weight is 272 g/mol. The Hall–Kier alpha value is -2.14. The minimum Gasteiger partial charge on any atom is -0.353 e. The summed E-state index contributed by atoms with van der Waals surface area (Å²) in [5.41, 5.74) is 2.30. The predicted octanol–water partition coefficient (Wildman–Crippen LogP) is 2.87. The Morgan fingerprint density at radius 3 is 2.63 bits per heavy atom. The summed E-state index contributed by atoms with van der Waals surface area (Å²) in [5.74, 6) is -0.128. The molecule has 0 aliphatic carbocycles. The van der Waals surface area contributed by atoms with Crippen molar-refractivity contribution < 1.29 is 9.00 Å². The number of benzene rings is 2. The third kappa shape index (κ3) is 2.13. The minimum atomic E-state index is -1.19. The summed E-state index contributed by atoms with van der Waals surface area (Å²) in [4.78, 5) is 12.6. The number of hydrogen-bond acceptors (Lipinski definition) is 3. The molecule has 0 aromatic heterocycles. The lowest BCUT2D eigenvalue weighted by Crippen LogP contribution is -2.10. The van der Waals surface area contributed by atoms with Crippen LogP contribution in [0.1, 0.15) is 6.92 Å². The number of carbonyl (C=O) groups is 1. The van der Waals surface area contributed by atoms with Gasteiger partial charge in [0.15, 0.2) is 0 Å². The van der Waals surface area contributed by atoms with Crippen LogP contribution in [-0.4, -0.2) is 10.1 Å². The first-order chi connectivity index (χ1) is 9.15. The molecule has 1 heterocycles. The first-order valence-electron chi connectivity index (χ1n) is 5.84. The van der Waals surface area contributed by atoms with Gasteiger partial charge in [-0.15, -0.1) is 0 Å². The summed E-state index contributed by atoms with van der Waals surface area (Å²) in [6.07, 6.45) is 0. The molecule has 2 aromatic rings. The van der Waals surface area contributed by atoms with Crippen molar-refractivity contribution in [2.75, 3.05) is 10.6 Å². The number of amides is 1. The maximum Gasteiger partial charge on any atom is 0.221 e. The Kier molecular flexibility index (Phi) is 2.83. The van der Waals surface area contributed by atoms with Gasteiger partial charge in [-0.25, -0.2) is 4.21 Å². The van der Waals surface area contributed by atoms with Crippen molar-refractivity contribution in [2.24, 2.45) is 0 Å². The van der Waals surface area contributed by atoms with E-state index in [1.165, 1.54) is 6.92 Å². The van der Waals surface area contributed by atoms with Gasteiger partial charge in [-0.05, 0) is 30.3 Å². The average Bonchev–Trinajstić information content (AvgIpc) is 2.38. The molecule has 4 nitrogen and oxygen atoms in total. The van der Waals surface area contributed by atoms with E-state index in [1.54, 1.807) is 18.2 Å². The molecule has 1 amide bonds. The van der Waals surface area contributed by atoms with Crippen molar-refractivity contribution in [3.63, 3.8) is 0 Å². The SMILES string of the molecule is CC(=O)Nc1ccc2c(c1)Nc1ccccc1S2=O. The van der Waals surface area contributed by atoms with Crippen molar-refractivity contribution in [1.29, 1.82) is 0 Å². The Balaban J connectivity index is 2.05. The molecule has 0 spiro atoms. The molecule has 0 fully saturated rings. The zero-order valence-corrected chi connectivity index (χ0v) is 11.1. The van der Waals surface area contributed by atoms with Gasteiger partial charge in [-0.1, -0.05) is 12.1 Å². The molecule has 5 heteroatoms. The van der Waals surface area contributed by atoms with Crippen LogP contribution in [0.2, 0.25) is 0 Å². The topological polar surface area (TPSA) is 58.2 Å². The quantitative estimate of drug-likeness (QED) is 0.716. The first-order valence-corrected chi connectivity index (χ1v) is 6.99. The molecule has 0 bridgehead atoms. The largest absolute Gasteiger partial charge is 0.353 e. The summed E-state index contributed by atoms with van der Waals surface area (Å²) in [6.45, 7) is 1.46. The highest BCUT2D eigenvalue weighted by Gasteiger charge is 2.21. The van der Waals surface area contributed by atoms with E-state index in [0.29, 0.717) is 5.69 Å². The van der Waals surface area contributed by atoms with E-state index < -0.39 is 10.8 Å². The smallest absolute Gasteiger partial charge is 0.221 e. The minimum absolute atomic E-state index is 0.128. The number of para-hydroxylation sites is 1. The van der Waals surface area contributed by atoms with Crippen LogP contribution in [0, 0.1) is 0 Å². The molecule has 0 radical (unpaired) electrons. The maximum absolute atomic E-state index is 12.4. The van der Waals surface area contributed by atoms with Crippen LogP contribution in [-0.2, 0) is 15.6 Å². The number of fused-ring (bicyclic) bond motifs is 2. The van der Waals surface area contributed by atoms with Gasteiger partial charge >= 0.3 is 0 Å². The molecular formula is C14H12N2O2S. The lowest BCUT2D eigenvalue weighted by atomic mass is 10.2. The van der Waals surface area contributed by atoms with Gasteiger partial charge in [-0.2, -0.15) is 0 Å². The lowest BCUT2D eigenvalue weighted by Gasteiger charge is -2.21. The Labute approximate surface area is 113 Å². The van der Waals surface area contributed by atoms with E-state index in [0.717, 1.165) is 21.2 Å². The zero-order chi connectivity index (χ0) is 13.4. The molecule has 1 aliphatic heterocycles. The van der Waals surface area contributed by atoms with Crippen molar-refractivity contribution in [3.8, 4) is 0 Å². The Morgan fingerprint density at radius 2 is 1.84 bits per heavy atom. The molecule has 2 aromatic carbocycles. The van der Waals surface area contributed by atoms with Gasteiger partial charge in [0.25, 0.3) is 0 Å². The second-order valence-corrected chi connectivity index (χ2v) is 5.70. The molecule has 3 rings (SSSR count). The number of rotatable bonds is 1. The molecule has 1 aliphatic rings. The van der Waals surface area contributed by atoms with Crippen LogP contribution >= 0.6 is 0 Å². The van der Waals surface area contributed by atoms with Gasteiger partial charge in [0.05, 0.1) is 32.0 Å². The van der Waals surface area contributed by atoms with E-state index in [-0.39, 0.29) is 5.91 Å². The standard InChI is InChI=1S/C14H12N2O2S/c1-9(17)15-10-6-7-14-12(8-10)16-11-4-2-3-5-13(11)19(14)18/h2-8,16H,1H3,(H,15,17). The van der Waals surface area contributed by atoms with Crippen LogP contribution in [0.3, 0.4) is 0 Å². The Bertz CT molecular complexity index is 698. The van der Waals surface area contributed by atoms with Gasteiger partial charge in [0.1, 0.15) is 0 Å². The van der Waals surface area contributed by atoms with Crippen molar-refractivity contribution >= 4 is 33.8 Å². The van der Waals surface area contributed by atoms with Gasteiger partial charge < -0.3 is 10.6 Å². The third-order valence-electron chi connectivity index (χ3n) is 2.86. The molecule has 96 valence electrons. The summed E-state index contributed by atoms with van der Waals surface area (Å²) >= 11 is 0. The molecule has 2 N–H and O–H groups in total. The fourth-order valence-electron chi connectivity index (χ4n) is 2.07. The van der Waals surface area contributed by atoms with Crippen molar-refractivity contribution in [3.05, 3.63) is 42.5 Å². The molecular weight excluding hydrogens is 260 g/mol. The number of anilines is 3. The monoisotopic (exact) mass is 272 g/mol. The van der Waals surface area contributed by atoms with Crippen LogP contribution in [0.4, 0.5) is 17.1 Å². The fraction of sp³-hybridized carbons (Fsp3) is 0.0714. The van der Waals surface area contributed by atoms with E-state index in [1.807, 2.05) is 24.3 Å². The highest BCUT2D eigenvalue weighted by molar-refractivity contribution is 7.85. The van der Waals surface area contributed by atoms with Crippen LogP contribution in [0.15, 0.2) is 52.3 Å². The van der Waals surface area contributed by atoms with Gasteiger partial charge in [0, 0.05) is 12.6 Å². The highest BCUT2D eigenvalue weighted by atomic mass is 32.2. The number of hydrogen-bond donors (Lipinski definition) is 2. The third-order valence-corrected chi connectivity index (χ3v) is 4.37. The highest BCUT2D eigenvalue weighted by Crippen LogP contribution is 2.37. The van der Waals surface area contributed by atoms with E-state index in [4.69, 9.17) is 0 Å². The van der Waals surface area contributed by atoms with Crippen LogP contribution in [0.5, 0.6) is 0 Å². The predicted molar refractivity (Wildman–Crippen MR) is 75.1 cm³/mol. The van der Waals surface area contributed by atoms with E-state index in [2.05, 4.69) is 10.6 Å². The van der Waals surface area contributed by atoms with Crippen molar-refractivity contribution in [1.82, 2.24) is 0 Å². The first kappa shape index (κ1) is 11.9. The van der Waals surface area contributed by atoms with E-state index >= 15 is 0 Å². The second kappa shape index (κ2) is 4.51. The summed E-state index contributed by atoms with van der Waals surface area (Å²) in [5, 5.41) is 5.96. The van der Waals surface area contributed by atoms with Crippen LogP contribution < -0.4 is 10.6 Å². The number of nitrogens with one attached hydrogen (secondary N) is 2. The lowest BCUT2D eigenvalue weighted by molar-refractivity contribution is -0.114. The number of carbonyl (C=O) groups excluding carboxylic acids is 1. The second-order valence-electron chi connectivity index (χ2n) is 4.28. The summed E-state index contributed by atoms with van der Waals surface area (Å²) in [7, 11) is -1.19. The molecule has 0 saturated heterocycles.